The molecule has 4 nitrogen and oxygen atoms in total. The third-order valence-electron chi connectivity index (χ3n) is 3.94. The summed E-state index contributed by atoms with van der Waals surface area (Å²) in [5.41, 5.74) is 1.59. The van der Waals surface area contributed by atoms with Crippen molar-refractivity contribution < 1.29 is 9.90 Å². The number of nitriles is 1. The van der Waals surface area contributed by atoms with E-state index < -0.39 is 17.4 Å². The maximum Gasteiger partial charge on any atom is 0.325 e. The Labute approximate surface area is 119 Å². The molecule has 0 amide bonds. The second kappa shape index (κ2) is 5.64. The Morgan fingerprint density at radius 1 is 1.50 bits per heavy atom. The molecular formula is C16H20N2O2. The van der Waals surface area contributed by atoms with Crippen LogP contribution >= 0.6 is 0 Å². The summed E-state index contributed by atoms with van der Waals surface area (Å²) in [7, 11) is 0. The van der Waals surface area contributed by atoms with Gasteiger partial charge in [0, 0.05) is 13.1 Å². The standard InChI is InChI=1S/C16H20N2O2/c1-16(2,11-17)8-10-18-9-7-12-5-3-4-6-13(12)14(18)15(19)20/h3-6,14H,7-10H2,1-2H3,(H,19,20). The van der Waals surface area contributed by atoms with Gasteiger partial charge in [-0.2, -0.15) is 5.26 Å². The average molecular weight is 272 g/mol. The van der Waals surface area contributed by atoms with E-state index in [0.717, 1.165) is 24.1 Å². The Morgan fingerprint density at radius 3 is 2.85 bits per heavy atom. The summed E-state index contributed by atoms with van der Waals surface area (Å²) in [6.07, 6.45) is 1.54. The van der Waals surface area contributed by atoms with E-state index in [-0.39, 0.29) is 0 Å². The summed E-state index contributed by atoms with van der Waals surface area (Å²) >= 11 is 0. The molecule has 0 bridgehead atoms. The van der Waals surface area contributed by atoms with Crippen molar-refractivity contribution in [1.29, 1.82) is 5.26 Å². The van der Waals surface area contributed by atoms with Gasteiger partial charge in [0.1, 0.15) is 6.04 Å². The van der Waals surface area contributed by atoms with Gasteiger partial charge in [0.25, 0.3) is 0 Å². The summed E-state index contributed by atoms with van der Waals surface area (Å²) < 4.78 is 0. The van der Waals surface area contributed by atoms with Crippen LogP contribution in [0, 0.1) is 16.7 Å². The maximum absolute atomic E-state index is 11.6. The quantitative estimate of drug-likeness (QED) is 0.915. The first-order valence-corrected chi connectivity index (χ1v) is 6.90. The van der Waals surface area contributed by atoms with Crippen molar-refractivity contribution in [2.24, 2.45) is 5.41 Å². The third kappa shape index (κ3) is 3.00. The van der Waals surface area contributed by atoms with E-state index in [0.29, 0.717) is 13.0 Å². The fourth-order valence-electron chi connectivity index (χ4n) is 2.63. The van der Waals surface area contributed by atoms with Gasteiger partial charge in [-0.15, -0.1) is 0 Å². The molecule has 106 valence electrons. The van der Waals surface area contributed by atoms with Gasteiger partial charge in [-0.05, 0) is 37.8 Å². The Hall–Kier alpha value is -1.86. The number of hydrogen-bond acceptors (Lipinski definition) is 3. The normalized spacial score (nSPS) is 19.1. The molecule has 1 atom stereocenters. The minimum atomic E-state index is -0.813. The van der Waals surface area contributed by atoms with Crippen molar-refractivity contribution in [1.82, 2.24) is 4.90 Å². The first kappa shape index (κ1) is 14.5. The van der Waals surface area contributed by atoms with Crippen LogP contribution in [0.3, 0.4) is 0 Å². The molecule has 1 unspecified atom stereocenters. The highest BCUT2D eigenvalue weighted by Crippen LogP contribution is 2.31. The second-order valence-electron chi connectivity index (χ2n) is 5.97. The number of fused-ring (bicyclic) bond motifs is 1. The van der Waals surface area contributed by atoms with Crippen LogP contribution in [0.4, 0.5) is 0 Å². The Kier molecular flexibility index (Phi) is 4.10. The molecule has 0 saturated heterocycles. The van der Waals surface area contributed by atoms with Gasteiger partial charge in [-0.3, -0.25) is 9.69 Å². The number of nitrogens with zero attached hydrogens (tertiary/aromatic N) is 2. The summed E-state index contributed by atoms with van der Waals surface area (Å²) in [4.78, 5) is 13.6. The molecule has 0 saturated carbocycles. The van der Waals surface area contributed by atoms with Gasteiger partial charge < -0.3 is 5.11 Å². The molecule has 0 aromatic heterocycles. The SMILES string of the molecule is CC(C)(C#N)CCN1CCc2ccccc2C1C(=O)O. The minimum absolute atomic E-state index is 0.417. The number of carboxylic acid groups (broad SMARTS) is 1. The zero-order valence-corrected chi connectivity index (χ0v) is 12.0. The van der Waals surface area contributed by atoms with Crippen LogP contribution in [0.5, 0.6) is 0 Å². The van der Waals surface area contributed by atoms with Crippen molar-refractivity contribution >= 4 is 5.97 Å². The van der Waals surface area contributed by atoms with Crippen LogP contribution in [0.1, 0.15) is 37.4 Å². The Bertz CT molecular complexity index is 546. The zero-order valence-electron chi connectivity index (χ0n) is 12.0. The smallest absolute Gasteiger partial charge is 0.325 e. The van der Waals surface area contributed by atoms with Crippen LogP contribution in [0.25, 0.3) is 0 Å². The van der Waals surface area contributed by atoms with E-state index in [1.54, 1.807) is 0 Å². The molecule has 20 heavy (non-hydrogen) atoms. The van der Waals surface area contributed by atoms with Crippen LogP contribution in [0.2, 0.25) is 0 Å². The summed E-state index contributed by atoms with van der Waals surface area (Å²) in [6, 6.07) is 9.42. The van der Waals surface area contributed by atoms with Gasteiger partial charge >= 0.3 is 5.97 Å². The lowest BCUT2D eigenvalue weighted by Gasteiger charge is -2.35. The minimum Gasteiger partial charge on any atom is -0.480 e. The predicted octanol–water partition coefficient (Wildman–Crippen LogP) is 2.61. The van der Waals surface area contributed by atoms with Gasteiger partial charge in [0.15, 0.2) is 0 Å². The molecule has 1 aliphatic rings. The predicted molar refractivity (Wildman–Crippen MR) is 76.1 cm³/mol. The van der Waals surface area contributed by atoms with Crippen molar-refractivity contribution in [3.05, 3.63) is 35.4 Å². The van der Waals surface area contributed by atoms with Crippen molar-refractivity contribution in [2.75, 3.05) is 13.1 Å². The lowest BCUT2D eigenvalue weighted by molar-refractivity contribution is -0.144. The summed E-state index contributed by atoms with van der Waals surface area (Å²) in [5, 5.41) is 18.6. The zero-order chi connectivity index (χ0) is 14.8. The fraction of sp³-hybridized carbons (Fsp3) is 0.500. The molecule has 2 rings (SSSR count). The Morgan fingerprint density at radius 2 is 2.20 bits per heavy atom. The maximum atomic E-state index is 11.6. The number of benzene rings is 1. The van der Waals surface area contributed by atoms with E-state index >= 15 is 0 Å². The van der Waals surface area contributed by atoms with Crippen molar-refractivity contribution in [3.63, 3.8) is 0 Å². The highest BCUT2D eigenvalue weighted by molar-refractivity contribution is 5.76. The van der Waals surface area contributed by atoms with E-state index in [9.17, 15) is 9.90 Å². The van der Waals surface area contributed by atoms with Gasteiger partial charge in [-0.1, -0.05) is 24.3 Å². The van der Waals surface area contributed by atoms with E-state index in [1.807, 2.05) is 43.0 Å². The molecule has 1 heterocycles. The number of hydrogen-bond donors (Lipinski definition) is 1. The molecular weight excluding hydrogens is 252 g/mol. The first-order chi connectivity index (χ1) is 9.44. The van der Waals surface area contributed by atoms with Gasteiger partial charge in [0.05, 0.1) is 11.5 Å². The molecule has 1 aliphatic heterocycles. The fourth-order valence-corrected chi connectivity index (χ4v) is 2.63. The number of aliphatic carboxylic acids is 1. The van der Waals surface area contributed by atoms with Crippen LogP contribution in [0.15, 0.2) is 24.3 Å². The molecule has 0 spiro atoms. The summed E-state index contributed by atoms with van der Waals surface area (Å²) in [6.45, 7) is 5.14. The monoisotopic (exact) mass is 272 g/mol. The van der Waals surface area contributed by atoms with Crippen LogP contribution < -0.4 is 0 Å². The van der Waals surface area contributed by atoms with E-state index in [2.05, 4.69) is 6.07 Å². The van der Waals surface area contributed by atoms with Crippen LogP contribution in [-0.4, -0.2) is 29.1 Å². The number of carboxylic acids is 1. The number of rotatable bonds is 4. The molecule has 0 fully saturated rings. The molecule has 0 aliphatic carbocycles. The van der Waals surface area contributed by atoms with Gasteiger partial charge in [0.2, 0.25) is 0 Å². The van der Waals surface area contributed by atoms with Crippen LogP contribution in [-0.2, 0) is 11.2 Å². The largest absolute Gasteiger partial charge is 0.480 e. The third-order valence-corrected chi connectivity index (χ3v) is 3.94. The number of carbonyl (C=O) groups is 1. The highest BCUT2D eigenvalue weighted by Gasteiger charge is 2.33. The molecule has 1 aromatic carbocycles. The molecule has 0 radical (unpaired) electrons. The Balaban J connectivity index is 2.19. The molecule has 1 N–H and O–H groups in total. The lowest BCUT2D eigenvalue weighted by atomic mass is 9.88. The topological polar surface area (TPSA) is 64.3 Å². The molecule has 1 aromatic rings. The van der Waals surface area contributed by atoms with E-state index in [1.165, 1.54) is 0 Å². The first-order valence-electron chi connectivity index (χ1n) is 6.90. The van der Waals surface area contributed by atoms with E-state index in [4.69, 9.17) is 5.26 Å². The van der Waals surface area contributed by atoms with Crippen molar-refractivity contribution in [2.45, 2.75) is 32.7 Å². The average Bonchev–Trinajstić information content (AvgIpc) is 2.44. The molecule has 4 heteroatoms. The van der Waals surface area contributed by atoms with Gasteiger partial charge in [-0.25, -0.2) is 0 Å². The second-order valence-corrected chi connectivity index (χ2v) is 5.97. The highest BCUT2D eigenvalue weighted by atomic mass is 16.4. The summed E-state index contributed by atoms with van der Waals surface area (Å²) in [5.74, 6) is -0.813. The van der Waals surface area contributed by atoms with Crippen molar-refractivity contribution in [3.8, 4) is 6.07 Å². The lowest BCUT2D eigenvalue weighted by Crippen LogP contribution is -2.41.